The molecule has 3 aromatic carbocycles. The number of carbonyl (C=O) groups excluding carboxylic acids is 1. The maximum atomic E-state index is 13.2. The third kappa shape index (κ3) is 3.55. The van der Waals surface area contributed by atoms with Gasteiger partial charge in [0, 0.05) is 10.6 Å². The van der Waals surface area contributed by atoms with Crippen LogP contribution in [0, 0.1) is 6.92 Å². The molecule has 0 unspecified atom stereocenters. The Morgan fingerprint density at radius 2 is 1.56 bits per heavy atom. The Balaban J connectivity index is 1.80. The predicted octanol–water partition coefficient (Wildman–Crippen LogP) is 5.48. The zero-order valence-corrected chi connectivity index (χ0v) is 15.5. The average Bonchev–Trinajstić information content (AvgIpc) is 3.01. The van der Waals surface area contributed by atoms with E-state index < -0.39 is 0 Å². The Kier molecular flexibility index (Phi) is 4.61. The van der Waals surface area contributed by atoms with E-state index in [1.165, 1.54) is 5.56 Å². The molecule has 4 heteroatoms. The second-order valence-corrected chi connectivity index (χ2v) is 6.80. The summed E-state index contributed by atoms with van der Waals surface area (Å²) in [4.78, 5) is 19.4. The largest absolute Gasteiger partial charge is 0.282 e. The minimum Gasteiger partial charge on any atom is -0.266 e. The van der Waals surface area contributed by atoms with Gasteiger partial charge in [-0.3, -0.25) is 9.69 Å². The highest BCUT2D eigenvalue weighted by atomic mass is 35.5. The fourth-order valence-electron chi connectivity index (χ4n) is 2.95. The standard InChI is InChI=1S/C23H17ClN2O/c1-16-7-9-17(10-8-16)15-21-23(27)26(20-13-11-19(24)12-14-20)22(25-21)18-5-3-2-4-6-18/h2-15H,1H3/b21-15+. The smallest absolute Gasteiger partial charge is 0.266 e. The fraction of sp³-hybridized carbons (Fsp3) is 0.0435. The van der Waals surface area contributed by atoms with Gasteiger partial charge in [-0.15, -0.1) is 0 Å². The van der Waals surface area contributed by atoms with Gasteiger partial charge in [-0.1, -0.05) is 71.8 Å². The van der Waals surface area contributed by atoms with Crippen molar-refractivity contribution in [2.75, 3.05) is 4.90 Å². The van der Waals surface area contributed by atoms with Gasteiger partial charge in [0.05, 0.1) is 5.69 Å². The second kappa shape index (κ2) is 7.22. The number of nitrogens with zero attached hydrogens (tertiary/aromatic N) is 2. The number of aliphatic imine (C=N–C) groups is 1. The summed E-state index contributed by atoms with van der Waals surface area (Å²) in [5.41, 5.74) is 4.14. The zero-order chi connectivity index (χ0) is 18.8. The van der Waals surface area contributed by atoms with Gasteiger partial charge < -0.3 is 0 Å². The molecule has 0 spiro atoms. The van der Waals surface area contributed by atoms with Crippen molar-refractivity contribution in [1.82, 2.24) is 0 Å². The predicted molar refractivity (Wildman–Crippen MR) is 111 cm³/mol. The minimum atomic E-state index is -0.156. The Labute approximate surface area is 163 Å². The van der Waals surface area contributed by atoms with Gasteiger partial charge in [-0.05, 0) is 42.8 Å². The van der Waals surface area contributed by atoms with E-state index in [0.29, 0.717) is 16.6 Å². The summed E-state index contributed by atoms with van der Waals surface area (Å²) >= 11 is 6.01. The van der Waals surface area contributed by atoms with Gasteiger partial charge in [0.15, 0.2) is 0 Å². The van der Waals surface area contributed by atoms with Crippen LogP contribution in [0.2, 0.25) is 5.02 Å². The van der Waals surface area contributed by atoms with E-state index >= 15 is 0 Å². The third-order valence-corrected chi connectivity index (χ3v) is 4.61. The average molecular weight is 373 g/mol. The van der Waals surface area contributed by atoms with Crippen molar-refractivity contribution in [3.8, 4) is 0 Å². The van der Waals surface area contributed by atoms with Crippen molar-refractivity contribution < 1.29 is 4.79 Å². The molecule has 4 rings (SSSR count). The van der Waals surface area contributed by atoms with Crippen molar-refractivity contribution in [2.24, 2.45) is 4.99 Å². The number of benzene rings is 3. The molecule has 132 valence electrons. The van der Waals surface area contributed by atoms with E-state index in [9.17, 15) is 4.79 Å². The van der Waals surface area contributed by atoms with Crippen LogP contribution in [0.15, 0.2) is 89.6 Å². The van der Waals surface area contributed by atoms with Crippen molar-refractivity contribution in [2.45, 2.75) is 6.92 Å². The summed E-state index contributed by atoms with van der Waals surface area (Å²) in [5.74, 6) is 0.457. The lowest BCUT2D eigenvalue weighted by Gasteiger charge is -2.18. The Morgan fingerprint density at radius 1 is 0.889 bits per heavy atom. The zero-order valence-electron chi connectivity index (χ0n) is 14.8. The number of amidine groups is 1. The number of hydrogen-bond donors (Lipinski definition) is 0. The molecule has 0 radical (unpaired) electrons. The van der Waals surface area contributed by atoms with Crippen LogP contribution in [0.3, 0.4) is 0 Å². The number of rotatable bonds is 3. The highest BCUT2D eigenvalue weighted by Crippen LogP contribution is 2.28. The Bertz CT molecular complexity index is 1040. The summed E-state index contributed by atoms with van der Waals surface area (Å²) in [5, 5.41) is 0.624. The molecule has 0 aromatic heterocycles. The van der Waals surface area contributed by atoms with Gasteiger partial charge in [-0.2, -0.15) is 0 Å². The first-order valence-electron chi connectivity index (χ1n) is 8.64. The molecule has 1 aliphatic heterocycles. The van der Waals surface area contributed by atoms with Crippen LogP contribution in [0.1, 0.15) is 16.7 Å². The molecule has 27 heavy (non-hydrogen) atoms. The molecule has 0 N–H and O–H groups in total. The third-order valence-electron chi connectivity index (χ3n) is 4.36. The topological polar surface area (TPSA) is 32.7 Å². The molecule has 0 aliphatic carbocycles. The van der Waals surface area contributed by atoms with Gasteiger partial charge in [0.2, 0.25) is 0 Å². The van der Waals surface area contributed by atoms with Crippen LogP contribution >= 0.6 is 11.6 Å². The summed E-state index contributed by atoms with van der Waals surface area (Å²) < 4.78 is 0. The highest BCUT2D eigenvalue weighted by molar-refractivity contribution is 6.33. The van der Waals surface area contributed by atoms with E-state index in [2.05, 4.69) is 4.99 Å². The number of amides is 1. The van der Waals surface area contributed by atoms with Crippen LogP contribution in [0.5, 0.6) is 0 Å². The molecule has 0 atom stereocenters. The summed E-state index contributed by atoms with van der Waals surface area (Å²) in [7, 11) is 0. The van der Waals surface area contributed by atoms with Gasteiger partial charge >= 0.3 is 0 Å². The maximum absolute atomic E-state index is 13.2. The lowest BCUT2D eigenvalue weighted by atomic mass is 10.1. The minimum absolute atomic E-state index is 0.156. The first-order valence-corrected chi connectivity index (χ1v) is 9.02. The number of carbonyl (C=O) groups is 1. The van der Waals surface area contributed by atoms with Gasteiger partial charge in [0.25, 0.3) is 5.91 Å². The van der Waals surface area contributed by atoms with Crippen molar-refractivity contribution >= 4 is 35.1 Å². The lowest BCUT2D eigenvalue weighted by molar-refractivity contribution is -0.113. The van der Waals surface area contributed by atoms with Crippen molar-refractivity contribution in [3.05, 3.63) is 106 Å². The fourth-order valence-corrected chi connectivity index (χ4v) is 3.07. The Morgan fingerprint density at radius 3 is 2.22 bits per heavy atom. The molecule has 1 aliphatic rings. The number of hydrogen-bond acceptors (Lipinski definition) is 2. The SMILES string of the molecule is Cc1ccc(/C=C2/N=C(c3ccccc3)N(c3ccc(Cl)cc3)C2=O)cc1. The van der Waals surface area contributed by atoms with Crippen LogP contribution in [0.25, 0.3) is 6.08 Å². The van der Waals surface area contributed by atoms with Crippen molar-refractivity contribution in [1.29, 1.82) is 0 Å². The van der Waals surface area contributed by atoms with E-state index in [4.69, 9.17) is 11.6 Å². The quantitative estimate of drug-likeness (QED) is 0.560. The lowest BCUT2D eigenvalue weighted by Crippen LogP contribution is -2.32. The van der Waals surface area contributed by atoms with E-state index in [0.717, 1.165) is 16.8 Å². The molecule has 1 amide bonds. The summed E-state index contributed by atoms with van der Waals surface area (Å²) in [6, 6.07) is 24.9. The first kappa shape index (κ1) is 17.3. The monoisotopic (exact) mass is 372 g/mol. The van der Waals surface area contributed by atoms with E-state index in [1.54, 1.807) is 17.0 Å². The molecular weight excluding hydrogens is 356 g/mol. The normalized spacial score (nSPS) is 15.3. The molecule has 3 aromatic rings. The molecule has 3 nitrogen and oxygen atoms in total. The van der Waals surface area contributed by atoms with Crippen LogP contribution in [-0.4, -0.2) is 11.7 Å². The summed E-state index contributed by atoms with van der Waals surface area (Å²) in [6.07, 6.45) is 1.82. The molecule has 0 fully saturated rings. The number of aryl methyl sites for hydroxylation is 1. The van der Waals surface area contributed by atoms with E-state index in [1.807, 2.05) is 79.7 Å². The Hall–Kier alpha value is -3.17. The molecule has 0 saturated heterocycles. The number of halogens is 1. The number of anilines is 1. The van der Waals surface area contributed by atoms with Crippen LogP contribution < -0.4 is 4.90 Å². The molecule has 0 saturated carbocycles. The van der Waals surface area contributed by atoms with Crippen LogP contribution in [0.4, 0.5) is 5.69 Å². The highest BCUT2D eigenvalue weighted by Gasteiger charge is 2.32. The van der Waals surface area contributed by atoms with Crippen LogP contribution in [-0.2, 0) is 4.79 Å². The molecule has 0 bridgehead atoms. The van der Waals surface area contributed by atoms with Gasteiger partial charge in [-0.25, -0.2) is 4.99 Å². The van der Waals surface area contributed by atoms with E-state index in [-0.39, 0.29) is 5.91 Å². The molecule has 1 heterocycles. The van der Waals surface area contributed by atoms with Gasteiger partial charge in [0.1, 0.15) is 11.5 Å². The first-order chi connectivity index (χ1) is 13.1. The maximum Gasteiger partial charge on any atom is 0.282 e. The second-order valence-electron chi connectivity index (χ2n) is 6.36. The molecular formula is C23H17ClN2O. The summed E-state index contributed by atoms with van der Waals surface area (Å²) in [6.45, 7) is 2.03. The van der Waals surface area contributed by atoms with Crippen molar-refractivity contribution in [3.63, 3.8) is 0 Å².